The van der Waals surface area contributed by atoms with E-state index >= 15 is 0 Å². The van der Waals surface area contributed by atoms with Gasteiger partial charge in [-0.2, -0.15) is 0 Å². The van der Waals surface area contributed by atoms with Gasteiger partial charge in [0.05, 0.1) is 19.3 Å². The maximum atomic E-state index is 5.48. The second-order valence-corrected chi connectivity index (χ2v) is 6.39. The lowest BCUT2D eigenvalue weighted by Crippen LogP contribution is -2.46. The van der Waals surface area contributed by atoms with Crippen LogP contribution < -0.4 is 10.6 Å². The molecule has 1 fully saturated rings. The molecule has 138 valence electrons. The van der Waals surface area contributed by atoms with Crippen molar-refractivity contribution in [2.75, 3.05) is 60.2 Å². The van der Waals surface area contributed by atoms with Gasteiger partial charge in [0.15, 0.2) is 5.96 Å². The predicted octanol–water partition coefficient (Wildman–Crippen LogP) is 1.94. The first-order valence-corrected chi connectivity index (χ1v) is 9.01. The molecular weight excluding hydrogens is 439 g/mol. The summed E-state index contributed by atoms with van der Waals surface area (Å²) in [5, 5.41) is 8.92. The van der Waals surface area contributed by atoms with Gasteiger partial charge in [-0.25, -0.2) is 0 Å². The molecule has 0 saturated carbocycles. The molecular formula is C16H29IN4O2S. The number of rotatable bonds is 8. The molecule has 1 aliphatic heterocycles. The van der Waals surface area contributed by atoms with Crippen LogP contribution in [0.3, 0.4) is 0 Å². The second kappa shape index (κ2) is 12.9. The highest BCUT2D eigenvalue weighted by Gasteiger charge is 2.23. The Morgan fingerprint density at radius 2 is 2.21 bits per heavy atom. The van der Waals surface area contributed by atoms with Crippen molar-refractivity contribution in [1.82, 2.24) is 15.5 Å². The lowest BCUT2D eigenvalue weighted by molar-refractivity contribution is 0.0177. The van der Waals surface area contributed by atoms with Gasteiger partial charge >= 0.3 is 0 Å². The molecule has 2 N–H and O–H groups in total. The van der Waals surface area contributed by atoms with E-state index in [9.17, 15) is 0 Å². The smallest absolute Gasteiger partial charge is 0.191 e. The van der Waals surface area contributed by atoms with Crippen molar-refractivity contribution >= 4 is 41.3 Å². The van der Waals surface area contributed by atoms with Crippen LogP contribution in [-0.4, -0.2) is 71.0 Å². The van der Waals surface area contributed by atoms with Crippen molar-refractivity contribution in [1.29, 1.82) is 0 Å². The van der Waals surface area contributed by atoms with Gasteiger partial charge in [0.25, 0.3) is 0 Å². The summed E-state index contributed by atoms with van der Waals surface area (Å²) >= 11 is 1.81. The fourth-order valence-corrected chi connectivity index (χ4v) is 3.48. The largest absolute Gasteiger partial charge is 0.385 e. The van der Waals surface area contributed by atoms with Crippen LogP contribution in [0, 0.1) is 0 Å². The van der Waals surface area contributed by atoms with Crippen LogP contribution in [0.4, 0.5) is 0 Å². The zero-order valence-corrected chi connectivity index (χ0v) is 17.6. The first kappa shape index (κ1) is 21.6. The molecule has 0 radical (unpaired) electrons. The van der Waals surface area contributed by atoms with Gasteiger partial charge < -0.3 is 20.1 Å². The van der Waals surface area contributed by atoms with Crippen LogP contribution in [0.25, 0.3) is 0 Å². The zero-order chi connectivity index (χ0) is 16.3. The Morgan fingerprint density at radius 1 is 1.42 bits per heavy atom. The summed E-state index contributed by atoms with van der Waals surface area (Å²) in [7, 11) is 3.53. The van der Waals surface area contributed by atoms with Gasteiger partial charge in [-0.3, -0.25) is 9.89 Å². The van der Waals surface area contributed by atoms with Gasteiger partial charge in [-0.05, 0) is 17.9 Å². The molecule has 1 unspecified atom stereocenters. The predicted molar refractivity (Wildman–Crippen MR) is 111 cm³/mol. The summed E-state index contributed by atoms with van der Waals surface area (Å²) < 4.78 is 10.5. The molecule has 1 aromatic heterocycles. The number of guanidine groups is 1. The van der Waals surface area contributed by atoms with Crippen molar-refractivity contribution in [3.05, 3.63) is 22.4 Å². The fourth-order valence-electron chi connectivity index (χ4n) is 2.62. The SMILES string of the molecule is CN=C(NCCCOC)NCC(c1cccs1)N1CCOCC1.I. The lowest BCUT2D eigenvalue weighted by atomic mass is 10.2. The average Bonchev–Trinajstić information content (AvgIpc) is 3.12. The molecule has 0 spiro atoms. The van der Waals surface area contributed by atoms with E-state index in [4.69, 9.17) is 9.47 Å². The van der Waals surface area contributed by atoms with Crippen LogP contribution in [0.15, 0.2) is 22.5 Å². The van der Waals surface area contributed by atoms with Crippen LogP contribution in [-0.2, 0) is 9.47 Å². The Bertz CT molecular complexity index is 453. The molecule has 24 heavy (non-hydrogen) atoms. The normalized spacial score (nSPS) is 17.2. The third-order valence-electron chi connectivity index (χ3n) is 3.86. The molecule has 0 amide bonds. The third kappa shape index (κ3) is 7.22. The molecule has 0 aliphatic carbocycles. The Balaban J connectivity index is 0.00000288. The van der Waals surface area contributed by atoms with Gasteiger partial charge in [-0.15, -0.1) is 35.3 Å². The molecule has 8 heteroatoms. The minimum Gasteiger partial charge on any atom is -0.385 e. The molecule has 1 atom stereocenters. The van der Waals surface area contributed by atoms with E-state index in [1.807, 2.05) is 11.3 Å². The summed E-state index contributed by atoms with van der Waals surface area (Å²) in [6.07, 6.45) is 0.967. The molecule has 0 bridgehead atoms. The van der Waals surface area contributed by atoms with Crippen LogP contribution in [0.5, 0.6) is 0 Å². The minimum absolute atomic E-state index is 0. The summed E-state index contributed by atoms with van der Waals surface area (Å²) in [4.78, 5) is 8.17. The van der Waals surface area contributed by atoms with E-state index in [0.717, 1.165) is 58.4 Å². The van der Waals surface area contributed by atoms with E-state index in [1.54, 1.807) is 14.2 Å². The third-order valence-corrected chi connectivity index (χ3v) is 4.84. The molecule has 2 rings (SSSR count). The summed E-state index contributed by atoms with van der Waals surface area (Å²) in [5.74, 6) is 0.843. The van der Waals surface area contributed by atoms with Gasteiger partial charge in [-0.1, -0.05) is 6.07 Å². The number of nitrogens with zero attached hydrogens (tertiary/aromatic N) is 2. The Labute approximate surface area is 166 Å². The number of ether oxygens (including phenoxy) is 2. The van der Waals surface area contributed by atoms with E-state index in [2.05, 4.69) is 38.0 Å². The fraction of sp³-hybridized carbons (Fsp3) is 0.688. The number of methoxy groups -OCH3 is 1. The quantitative estimate of drug-likeness (QED) is 0.265. The van der Waals surface area contributed by atoms with Crippen molar-refractivity contribution < 1.29 is 9.47 Å². The standard InChI is InChI=1S/C16H28N4O2S.HI/c1-17-16(18-6-4-9-21-2)19-13-14(15-5-3-12-23-15)20-7-10-22-11-8-20;/h3,5,12,14H,4,6-11,13H2,1-2H3,(H2,17,18,19);1H. The first-order chi connectivity index (χ1) is 11.3. The molecule has 1 aromatic rings. The monoisotopic (exact) mass is 468 g/mol. The number of morpholine rings is 1. The minimum atomic E-state index is 0. The summed E-state index contributed by atoms with van der Waals surface area (Å²) in [6.45, 7) is 6.03. The molecule has 1 aliphatic rings. The van der Waals surface area contributed by atoms with Crippen LogP contribution in [0.1, 0.15) is 17.3 Å². The van der Waals surface area contributed by atoms with Crippen molar-refractivity contribution in [3.8, 4) is 0 Å². The topological polar surface area (TPSA) is 58.1 Å². The summed E-state index contributed by atoms with van der Waals surface area (Å²) in [5.41, 5.74) is 0. The van der Waals surface area contributed by atoms with Crippen molar-refractivity contribution in [2.24, 2.45) is 4.99 Å². The molecule has 0 aromatic carbocycles. The second-order valence-electron chi connectivity index (χ2n) is 5.41. The number of thiophene rings is 1. The van der Waals surface area contributed by atoms with E-state index in [-0.39, 0.29) is 24.0 Å². The Kier molecular flexibility index (Phi) is 11.6. The first-order valence-electron chi connectivity index (χ1n) is 8.13. The maximum absolute atomic E-state index is 5.48. The van der Waals surface area contributed by atoms with Gasteiger partial charge in [0, 0.05) is 51.8 Å². The van der Waals surface area contributed by atoms with E-state index in [1.165, 1.54) is 4.88 Å². The molecule has 1 saturated heterocycles. The Hall–Kier alpha value is -0.420. The maximum Gasteiger partial charge on any atom is 0.191 e. The van der Waals surface area contributed by atoms with Crippen LogP contribution in [0.2, 0.25) is 0 Å². The van der Waals surface area contributed by atoms with E-state index in [0.29, 0.717) is 6.04 Å². The van der Waals surface area contributed by atoms with Gasteiger partial charge in [0.1, 0.15) is 0 Å². The number of hydrogen-bond acceptors (Lipinski definition) is 5. The zero-order valence-electron chi connectivity index (χ0n) is 14.5. The molecule has 2 heterocycles. The Morgan fingerprint density at radius 3 is 2.83 bits per heavy atom. The number of aliphatic imine (C=N–C) groups is 1. The summed E-state index contributed by atoms with van der Waals surface area (Å²) in [6, 6.07) is 4.68. The lowest BCUT2D eigenvalue weighted by Gasteiger charge is -2.34. The molecule has 6 nitrogen and oxygen atoms in total. The number of halogens is 1. The highest BCUT2D eigenvalue weighted by molar-refractivity contribution is 14.0. The van der Waals surface area contributed by atoms with Crippen molar-refractivity contribution in [3.63, 3.8) is 0 Å². The van der Waals surface area contributed by atoms with Crippen LogP contribution >= 0.6 is 35.3 Å². The highest BCUT2D eigenvalue weighted by atomic mass is 127. The average molecular weight is 468 g/mol. The number of hydrogen-bond donors (Lipinski definition) is 2. The van der Waals surface area contributed by atoms with Crippen molar-refractivity contribution in [2.45, 2.75) is 12.5 Å². The van der Waals surface area contributed by atoms with Gasteiger partial charge in [0.2, 0.25) is 0 Å². The van der Waals surface area contributed by atoms with E-state index < -0.39 is 0 Å². The number of nitrogens with one attached hydrogen (secondary N) is 2. The highest BCUT2D eigenvalue weighted by Crippen LogP contribution is 2.25.